The van der Waals surface area contributed by atoms with Gasteiger partial charge in [-0.15, -0.1) is 0 Å². The van der Waals surface area contributed by atoms with Gasteiger partial charge in [-0.1, -0.05) is 6.92 Å². The Labute approximate surface area is 105 Å². The predicted octanol–water partition coefficient (Wildman–Crippen LogP) is 1.57. The number of aromatic nitrogens is 1. The molecule has 0 saturated carbocycles. The van der Waals surface area contributed by atoms with Gasteiger partial charge in [-0.05, 0) is 12.5 Å². The average Bonchev–Trinajstić information content (AvgIpc) is 2.36. The summed E-state index contributed by atoms with van der Waals surface area (Å²) in [6.07, 6.45) is 1.34. The van der Waals surface area contributed by atoms with Gasteiger partial charge in [0.15, 0.2) is 0 Å². The molecule has 7 heteroatoms. The molecule has 0 aliphatic rings. The molecule has 0 spiro atoms. The molecule has 1 aromatic heterocycles. The second-order valence-electron chi connectivity index (χ2n) is 3.63. The van der Waals surface area contributed by atoms with Crippen LogP contribution in [-0.2, 0) is 0 Å². The summed E-state index contributed by atoms with van der Waals surface area (Å²) in [5.74, 6) is 0.524. The van der Waals surface area contributed by atoms with E-state index in [1.165, 1.54) is 6.07 Å². The molecule has 0 amide bonds. The molecule has 100 valence electrons. The number of pyridine rings is 1. The number of rotatable bonds is 8. The van der Waals surface area contributed by atoms with Crippen molar-refractivity contribution in [2.24, 2.45) is 0 Å². The minimum absolute atomic E-state index is 0.0189. The Morgan fingerprint density at radius 3 is 2.94 bits per heavy atom. The maximum atomic E-state index is 10.8. The maximum absolute atomic E-state index is 10.8. The van der Waals surface area contributed by atoms with Crippen molar-refractivity contribution in [3.05, 3.63) is 22.2 Å². The van der Waals surface area contributed by atoms with Gasteiger partial charge in [-0.2, -0.15) is 4.98 Å². The quantitative estimate of drug-likeness (QED) is 0.415. The Hall–Kier alpha value is -1.89. The van der Waals surface area contributed by atoms with Crippen LogP contribution in [-0.4, -0.2) is 34.8 Å². The molecule has 7 nitrogen and oxygen atoms in total. The number of ether oxygens (including phenoxy) is 1. The SMILES string of the molecule is CCCNc1ccc([N+](=O)[O-])c(OCCCO)n1. The normalized spacial score (nSPS) is 10.1. The summed E-state index contributed by atoms with van der Waals surface area (Å²) in [5, 5.41) is 22.5. The molecule has 0 atom stereocenters. The van der Waals surface area contributed by atoms with Gasteiger partial charge in [0.25, 0.3) is 5.88 Å². The van der Waals surface area contributed by atoms with Crippen LogP contribution in [0.3, 0.4) is 0 Å². The number of aliphatic hydroxyl groups excluding tert-OH is 1. The van der Waals surface area contributed by atoms with E-state index in [-0.39, 0.29) is 24.8 Å². The molecule has 1 heterocycles. The lowest BCUT2D eigenvalue weighted by Crippen LogP contribution is -2.07. The van der Waals surface area contributed by atoms with Crippen molar-refractivity contribution in [1.82, 2.24) is 4.98 Å². The average molecular weight is 255 g/mol. The summed E-state index contributed by atoms with van der Waals surface area (Å²) < 4.78 is 5.21. The van der Waals surface area contributed by atoms with Gasteiger partial charge in [-0.25, -0.2) is 0 Å². The first-order valence-corrected chi connectivity index (χ1v) is 5.82. The fourth-order valence-corrected chi connectivity index (χ4v) is 1.26. The fourth-order valence-electron chi connectivity index (χ4n) is 1.26. The second kappa shape index (κ2) is 7.44. The van der Waals surface area contributed by atoms with Crippen molar-refractivity contribution < 1.29 is 14.8 Å². The van der Waals surface area contributed by atoms with Crippen molar-refractivity contribution in [2.45, 2.75) is 19.8 Å². The lowest BCUT2D eigenvalue weighted by Gasteiger charge is -2.08. The highest BCUT2D eigenvalue weighted by atomic mass is 16.6. The smallest absolute Gasteiger partial charge is 0.331 e. The van der Waals surface area contributed by atoms with E-state index in [2.05, 4.69) is 10.3 Å². The number of nitrogens with zero attached hydrogens (tertiary/aromatic N) is 2. The number of nitrogens with one attached hydrogen (secondary N) is 1. The van der Waals surface area contributed by atoms with Crippen LogP contribution in [0.4, 0.5) is 11.5 Å². The summed E-state index contributed by atoms with van der Waals surface area (Å²) in [6, 6.07) is 2.91. The van der Waals surface area contributed by atoms with Gasteiger partial charge in [0.05, 0.1) is 11.5 Å². The van der Waals surface area contributed by atoms with Gasteiger partial charge >= 0.3 is 5.69 Å². The van der Waals surface area contributed by atoms with E-state index in [0.29, 0.717) is 12.2 Å². The zero-order chi connectivity index (χ0) is 13.4. The third kappa shape index (κ3) is 4.17. The number of hydrogen-bond donors (Lipinski definition) is 2. The Balaban J connectivity index is 2.82. The molecule has 0 fully saturated rings. The third-order valence-corrected chi connectivity index (χ3v) is 2.13. The van der Waals surface area contributed by atoms with Crippen molar-refractivity contribution in [2.75, 3.05) is 25.1 Å². The highest BCUT2D eigenvalue weighted by molar-refractivity contribution is 5.49. The number of anilines is 1. The van der Waals surface area contributed by atoms with E-state index in [4.69, 9.17) is 9.84 Å². The fraction of sp³-hybridized carbons (Fsp3) is 0.545. The minimum atomic E-state index is -0.537. The number of aliphatic hydroxyl groups is 1. The second-order valence-corrected chi connectivity index (χ2v) is 3.63. The summed E-state index contributed by atoms with van der Waals surface area (Å²) in [4.78, 5) is 14.3. The lowest BCUT2D eigenvalue weighted by molar-refractivity contribution is -0.386. The van der Waals surface area contributed by atoms with E-state index in [9.17, 15) is 10.1 Å². The molecule has 0 aliphatic carbocycles. The van der Waals surface area contributed by atoms with Crippen LogP contribution < -0.4 is 10.1 Å². The molecule has 0 unspecified atom stereocenters. The van der Waals surface area contributed by atoms with E-state index < -0.39 is 4.92 Å². The van der Waals surface area contributed by atoms with E-state index in [1.54, 1.807) is 6.07 Å². The largest absolute Gasteiger partial charge is 0.473 e. The molecular weight excluding hydrogens is 238 g/mol. The van der Waals surface area contributed by atoms with Crippen molar-refractivity contribution in [3.63, 3.8) is 0 Å². The van der Waals surface area contributed by atoms with Crippen LogP contribution in [0.1, 0.15) is 19.8 Å². The molecule has 18 heavy (non-hydrogen) atoms. The lowest BCUT2D eigenvalue weighted by atomic mass is 10.4. The van der Waals surface area contributed by atoms with Crippen LogP contribution in [0.5, 0.6) is 5.88 Å². The highest BCUT2D eigenvalue weighted by Crippen LogP contribution is 2.26. The van der Waals surface area contributed by atoms with Crippen LogP contribution in [0.25, 0.3) is 0 Å². The summed E-state index contributed by atoms with van der Waals surface area (Å²) >= 11 is 0. The monoisotopic (exact) mass is 255 g/mol. The van der Waals surface area contributed by atoms with Gasteiger partial charge in [0.1, 0.15) is 5.82 Å². The van der Waals surface area contributed by atoms with Gasteiger partial charge < -0.3 is 15.2 Å². The molecule has 0 radical (unpaired) electrons. The molecule has 0 aliphatic heterocycles. The standard InChI is InChI=1S/C11H17N3O4/c1-2-6-12-10-5-4-9(14(16)17)11(13-10)18-8-3-7-15/h4-5,15H,2-3,6-8H2,1H3,(H,12,13). The number of nitro groups is 1. The molecule has 0 aromatic carbocycles. The first-order valence-electron chi connectivity index (χ1n) is 5.82. The van der Waals surface area contributed by atoms with Crippen LogP contribution in [0.15, 0.2) is 12.1 Å². The van der Waals surface area contributed by atoms with Crippen molar-refractivity contribution in [1.29, 1.82) is 0 Å². The zero-order valence-electron chi connectivity index (χ0n) is 10.3. The maximum Gasteiger partial charge on any atom is 0.331 e. The van der Waals surface area contributed by atoms with Crippen molar-refractivity contribution >= 4 is 11.5 Å². The third-order valence-electron chi connectivity index (χ3n) is 2.13. The summed E-state index contributed by atoms with van der Waals surface area (Å²) in [7, 11) is 0. The molecule has 0 saturated heterocycles. The molecular formula is C11H17N3O4. The Morgan fingerprint density at radius 1 is 1.56 bits per heavy atom. The van der Waals surface area contributed by atoms with Crippen LogP contribution in [0.2, 0.25) is 0 Å². The summed E-state index contributed by atoms with van der Waals surface area (Å²) in [5.41, 5.74) is -0.171. The Kier molecular flexibility index (Phi) is 5.86. The molecule has 2 N–H and O–H groups in total. The predicted molar refractivity (Wildman–Crippen MR) is 66.9 cm³/mol. The number of hydrogen-bond acceptors (Lipinski definition) is 6. The zero-order valence-corrected chi connectivity index (χ0v) is 10.3. The Bertz CT molecular complexity index is 398. The minimum Gasteiger partial charge on any atom is -0.473 e. The summed E-state index contributed by atoms with van der Waals surface area (Å²) in [6.45, 7) is 2.92. The van der Waals surface area contributed by atoms with Gasteiger partial charge in [-0.3, -0.25) is 10.1 Å². The topological polar surface area (TPSA) is 97.5 Å². The first kappa shape index (κ1) is 14.2. The Morgan fingerprint density at radius 2 is 2.33 bits per heavy atom. The molecule has 1 rings (SSSR count). The van der Waals surface area contributed by atoms with Crippen LogP contribution >= 0.6 is 0 Å². The van der Waals surface area contributed by atoms with Crippen LogP contribution in [0, 0.1) is 10.1 Å². The van der Waals surface area contributed by atoms with Crippen molar-refractivity contribution in [3.8, 4) is 5.88 Å². The van der Waals surface area contributed by atoms with E-state index >= 15 is 0 Å². The van der Waals surface area contributed by atoms with Gasteiger partial charge in [0, 0.05) is 25.6 Å². The van der Waals surface area contributed by atoms with E-state index in [1.807, 2.05) is 6.92 Å². The van der Waals surface area contributed by atoms with E-state index in [0.717, 1.165) is 13.0 Å². The molecule has 1 aromatic rings. The highest BCUT2D eigenvalue weighted by Gasteiger charge is 2.17. The first-order chi connectivity index (χ1) is 8.69. The van der Waals surface area contributed by atoms with Gasteiger partial charge in [0.2, 0.25) is 0 Å². The molecule has 0 bridgehead atoms.